The Morgan fingerprint density at radius 1 is 1.40 bits per heavy atom. The second-order valence-electron chi connectivity index (χ2n) is 5.65. The predicted molar refractivity (Wildman–Crippen MR) is 96.3 cm³/mol. The zero-order valence-corrected chi connectivity index (χ0v) is 14.5. The quantitative estimate of drug-likeness (QED) is 0.629. The lowest BCUT2D eigenvalue weighted by Crippen LogP contribution is -2.13. The van der Waals surface area contributed by atoms with Crippen LogP contribution in [0.3, 0.4) is 0 Å². The van der Waals surface area contributed by atoms with Crippen LogP contribution in [0.25, 0.3) is 10.2 Å². The van der Waals surface area contributed by atoms with Crippen molar-refractivity contribution in [3.63, 3.8) is 0 Å². The van der Waals surface area contributed by atoms with Crippen LogP contribution in [0.5, 0.6) is 0 Å². The first-order chi connectivity index (χ1) is 12.1. The van der Waals surface area contributed by atoms with Gasteiger partial charge < -0.3 is 11.1 Å². The molecular formula is C17H18FN5OS. The third-order valence-electron chi connectivity index (χ3n) is 3.75. The summed E-state index contributed by atoms with van der Waals surface area (Å²) in [5.74, 6) is -0.125. The van der Waals surface area contributed by atoms with Crippen LogP contribution in [-0.2, 0) is 0 Å². The Hall–Kier alpha value is -2.45. The molecule has 25 heavy (non-hydrogen) atoms. The first-order valence-electron chi connectivity index (χ1n) is 7.94. The van der Waals surface area contributed by atoms with Crippen molar-refractivity contribution in [1.29, 1.82) is 0 Å². The summed E-state index contributed by atoms with van der Waals surface area (Å²) in [6.45, 7) is 2.31. The maximum absolute atomic E-state index is 13.3. The van der Waals surface area contributed by atoms with E-state index in [2.05, 4.69) is 20.3 Å². The number of hydrogen-bond acceptors (Lipinski definition) is 7. The first kappa shape index (κ1) is 17.4. The Balaban J connectivity index is 1.90. The molecule has 0 saturated heterocycles. The van der Waals surface area contributed by atoms with E-state index in [0.29, 0.717) is 42.1 Å². The van der Waals surface area contributed by atoms with Crippen molar-refractivity contribution < 1.29 is 9.18 Å². The number of nitrogens with two attached hydrogens (primary N) is 1. The van der Waals surface area contributed by atoms with Crippen molar-refractivity contribution >= 4 is 33.3 Å². The second-order valence-corrected chi connectivity index (χ2v) is 6.56. The van der Waals surface area contributed by atoms with Gasteiger partial charge >= 0.3 is 0 Å². The third-order valence-corrected chi connectivity index (χ3v) is 4.66. The second kappa shape index (κ2) is 7.62. The summed E-state index contributed by atoms with van der Waals surface area (Å²) < 4.78 is 14.1. The van der Waals surface area contributed by atoms with Gasteiger partial charge in [-0.15, -0.1) is 11.3 Å². The molecule has 0 amide bonds. The number of thiophene rings is 1. The van der Waals surface area contributed by atoms with E-state index >= 15 is 0 Å². The molecule has 1 atom stereocenters. The highest BCUT2D eigenvalue weighted by atomic mass is 32.1. The number of hydrogen-bond donors (Lipinski definition) is 2. The lowest BCUT2D eigenvalue weighted by Gasteiger charge is -2.14. The van der Waals surface area contributed by atoms with Crippen LogP contribution in [0.4, 0.5) is 10.3 Å². The molecule has 0 aliphatic heterocycles. The Labute approximate surface area is 148 Å². The molecule has 6 nitrogen and oxygen atoms in total. The molecule has 0 aliphatic rings. The Bertz CT molecular complexity index is 898. The fourth-order valence-corrected chi connectivity index (χ4v) is 3.28. The molecule has 0 unspecified atom stereocenters. The molecule has 0 fully saturated rings. The van der Waals surface area contributed by atoms with Crippen molar-refractivity contribution in [2.75, 3.05) is 11.9 Å². The number of carbonyl (C=O) groups excluding carboxylic acids is 1. The van der Waals surface area contributed by atoms with Crippen LogP contribution in [0.2, 0.25) is 0 Å². The first-order valence-corrected chi connectivity index (χ1v) is 8.82. The van der Waals surface area contributed by atoms with Crippen LogP contribution in [0.15, 0.2) is 29.9 Å². The van der Waals surface area contributed by atoms with E-state index < -0.39 is 5.82 Å². The van der Waals surface area contributed by atoms with Crippen LogP contribution in [0, 0.1) is 5.82 Å². The van der Waals surface area contributed by atoms with Gasteiger partial charge in [0.2, 0.25) is 5.95 Å². The maximum atomic E-state index is 13.3. The van der Waals surface area contributed by atoms with Gasteiger partial charge in [-0.3, -0.25) is 9.78 Å². The van der Waals surface area contributed by atoms with Gasteiger partial charge in [-0.1, -0.05) is 0 Å². The number of nitrogens with zero attached hydrogens (tertiary/aromatic N) is 3. The van der Waals surface area contributed by atoms with Gasteiger partial charge in [0, 0.05) is 12.6 Å². The smallest absolute Gasteiger partial charge is 0.224 e. The average Bonchev–Trinajstić information content (AvgIpc) is 3.07. The number of Topliss-reactive ketones (excluding diaryl/α,β-unsaturated/α-hetero) is 1. The number of fused-ring (bicyclic) bond motifs is 1. The molecular weight excluding hydrogens is 341 g/mol. The average molecular weight is 359 g/mol. The minimum atomic E-state index is -0.405. The number of halogens is 1. The molecule has 0 aromatic carbocycles. The summed E-state index contributed by atoms with van der Waals surface area (Å²) in [5, 5.41) is 5.00. The number of carbonyl (C=O) groups is 1. The van der Waals surface area contributed by atoms with E-state index in [9.17, 15) is 9.18 Å². The zero-order valence-electron chi connectivity index (χ0n) is 13.7. The SMILES string of the molecule is C[C@H](Nc1nc(C(=O)CCCN)c2sccc2n1)c1cncc(F)c1. The van der Waals surface area contributed by atoms with Gasteiger partial charge in [-0.25, -0.2) is 14.4 Å². The Morgan fingerprint density at radius 3 is 3.00 bits per heavy atom. The molecule has 3 aromatic rings. The minimum Gasteiger partial charge on any atom is -0.348 e. The highest BCUT2D eigenvalue weighted by Crippen LogP contribution is 2.26. The molecule has 3 heterocycles. The number of anilines is 1. The largest absolute Gasteiger partial charge is 0.348 e. The third kappa shape index (κ3) is 3.97. The lowest BCUT2D eigenvalue weighted by molar-refractivity contribution is 0.0978. The number of rotatable bonds is 7. The summed E-state index contributed by atoms with van der Waals surface area (Å²) in [6, 6.07) is 2.99. The van der Waals surface area contributed by atoms with Crippen molar-refractivity contribution in [3.8, 4) is 0 Å². The molecule has 0 radical (unpaired) electrons. The van der Waals surface area contributed by atoms with Gasteiger partial charge in [0.25, 0.3) is 0 Å². The topological polar surface area (TPSA) is 93.8 Å². The van der Waals surface area contributed by atoms with E-state index in [4.69, 9.17) is 5.73 Å². The van der Waals surface area contributed by atoms with E-state index in [1.807, 2.05) is 18.4 Å². The lowest BCUT2D eigenvalue weighted by atomic mass is 10.1. The predicted octanol–water partition coefficient (Wildman–Crippen LogP) is 3.32. The van der Waals surface area contributed by atoms with Gasteiger partial charge in [0.15, 0.2) is 5.78 Å². The van der Waals surface area contributed by atoms with Gasteiger partial charge in [0.05, 0.1) is 22.5 Å². The molecule has 3 N–H and O–H groups in total. The number of aromatic nitrogens is 3. The molecule has 3 aromatic heterocycles. The van der Waals surface area contributed by atoms with Gasteiger partial charge in [-0.05, 0) is 43.0 Å². The summed E-state index contributed by atoms with van der Waals surface area (Å²) in [6.07, 6.45) is 3.70. The fourth-order valence-electron chi connectivity index (χ4n) is 2.44. The van der Waals surface area contributed by atoms with Crippen molar-refractivity contribution in [1.82, 2.24) is 15.0 Å². The van der Waals surface area contributed by atoms with E-state index in [1.54, 1.807) is 6.20 Å². The van der Waals surface area contributed by atoms with Crippen molar-refractivity contribution in [2.24, 2.45) is 5.73 Å². The monoisotopic (exact) mass is 359 g/mol. The zero-order chi connectivity index (χ0) is 17.8. The number of ketones is 1. The highest BCUT2D eigenvalue weighted by Gasteiger charge is 2.17. The molecule has 0 spiro atoms. The maximum Gasteiger partial charge on any atom is 0.224 e. The summed E-state index contributed by atoms with van der Waals surface area (Å²) in [4.78, 5) is 25.1. The van der Waals surface area contributed by atoms with Crippen molar-refractivity contribution in [2.45, 2.75) is 25.8 Å². The molecule has 130 valence electrons. The van der Waals surface area contributed by atoms with E-state index in [1.165, 1.54) is 17.4 Å². The molecule has 0 aliphatic carbocycles. The normalized spacial score (nSPS) is 12.3. The Kier molecular flexibility index (Phi) is 5.30. The molecule has 0 saturated carbocycles. The minimum absolute atomic E-state index is 0.0524. The van der Waals surface area contributed by atoms with E-state index in [0.717, 1.165) is 10.9 Å². The standard InChI is InChI=1S/C17H18FN5OS/c1-10(11-7-12(18)9-20-8-11)21-17-22-13-4-6-25-16(13)15(23-17)14(24)3-2-5-19/h4,6-10H,2-3,5,19H2,1H3,(H,21,22,23)/t10-/m0/s1. The summed E-state index contributed by atoms with van der Waals surface area (Å²) in [5.41, 5.74) is 7.27. The van der Waals surface area contributed by atoms with Crippen LogP contribution in [0.1, 0.15) is 41.9 Å². The van der Waals surface area contributed by atoms with Crippen LogP contribution < -0.4 is 11.1 Å². The molecule has 3 rings (SSSR count). The van der Waals surface area contributed by atoms with Crippen LogP contribution >= 0.6 is 11.3 Å². The van der Waals surface area contributed by atoms with Gasteiger partial charge in [0.1, 0.15) is 11.5 Å². The van der Waals surface area contributed by atoms with Crippen LogP contribution in [-0.4, -0.2) is 27.3 Å². The summed E-state index contributed by atoms with van der Waals surface area (Å²) in [7, 11) is 0. The number of pyridine rings is 1. The van der Waals surface area contributed by atoms with Gasteiger partial charge in [-0.2, -0.15) is 0 Å². The molecule has 0 bridgehead atoms. The Morgan fingerprint density at radius 2 is 2.24 bits per heavy atom. The summed E-state index contributed by atoms with van der Waals surface area (Å²) >= 11 is 1.44. The highest BCUT2D eigenvalue weighted by molar-refractivity contribution is 7.17. The fraction of sp³-hybridized carbons (Fsp3) is 0.294. The molecule has 8 heteroatoms. The van der Waals surface area contributed by atoms with Crippen molar-refractivity contribution in [3.05, 3.63) is 47.0 Å². The number of nitrogens with one attached hydrogen (secondary N) is 1. The van der Waals surface area contributed by atoms with E-state index in [-0.39, 0.29) is 11.8 Å².